The molecule has 0 atom stereocenters. The minimum absolute atomic E-state index is 0.176. The van der Waals surface area contributed by atoms with Crippen molar-refractivity contribution in [1.82, 2.24) is 5.06 Å². The van der Waals surface area contributed by atoms with Crippen molar-refractivity contribution >= 4 is 17.2 Å². The summed E-state index contributed by atoms with van der Waals surface area (Å²) >= 11 is 1.49. The second-order valence-corrected chi connectivity index (χ2v) is 5.16. The second kappa shape index (κ2) is 6.36. The van der Waals surface area contributed by atoms with E-state index in [0.29, 0.717) is 10.8 Å². The van der Waals surface area contributed by atoms with Crippen LogP contribution in [0.5, 0.6) is 5.75 Å². The van der Waals surface area contributed by atoms with Crippen LogP contribution in [-0.4, -0.2) is 22.8 Å². The largest absolute Gasteiger partial charge is 0.484 e. The molecular formula is C14H15NO3S. The van der Waals surface area contributed by atoms with Gasteiger partial charge in [-0.3, -0.25) is 10.0 Å². The van der Waals surface area contributed by atoms with Gasteiger partial charge in [-0.25, -0.2) is 5.06 Å². The van der Waals surface area contributed by atoms with E-state index in [1.165, 1.54) is 11.3 Å². The monoisotopic (exact) mass is 277 g/mol. The predicted molar refractivity (Wildman–Crippen MR) is 73.3 cm³/mol. The first-order valence-corrected chi connectivity index (χ1v) is 6.74. The highest BCUT2D eigenvalue weighted by Gasteiger charge is 2.12. The van der Waals surface area contributed by atoms with Gasteiger partial charge in [0, 0.05) is 4.88 Å². The molecule has 1 heterocycles. The first-order chi connectivity index (χ1) is 9.15. The zero-order chi connectivity index (χ0) is 13.7. The summed E-state index contributed by atoms with van der Waals surface area (Å²) in [5.41, 5.74) is 1.13. The topological polar surface area (TPSA) is 49.8 Å². The van der Waals surface area contributed by atoms with Gasteiger partial charge in [0.15, 0.2) is 6.61 Å². The van der Waals surface area contributed by atoms with E-state index in [1.54, 1.807) is 12.1 Å². The maximum absolute atomic E-state index is 11.7. The van der Waals surface area contributed by atoms with Crippen LogP contribution >= 0.6 is 11.3 Å². The lowest BCUT2D eigenvalue weighted by Crippen LogP contribution is -2.31. The molecule has 19 heavy (non-hydrogen) atoms. The number of rotatable bonds is 5. The van der Waals surface area contributed by atoms with Gasteiger partial charge in [-0.1, -0.05) is 23.8 Å². The van der Waals surface area contributed by atoms with Gasteiger partial charge in [0.25, 0.3) is 5.91 Å². The summed E-state index contributed by atoms with van der Waals surface area (Å²) < 4.78 is 5.32. The van der Waals surface area contributed by atoms with Crippen molar-refractivity contribution in [3.63, 3.8) is 0 Å². The fourth-order valence-electron chi connectivity index (χ4n) is 1.49. The number of aryl methyl sites for hydroxylation is 1. The van der Waals surface area contributed by atoms with Crippen LogP contribution in [0.3, 0.4) is 0 Å². The number of nitrogens with zero attached hydrogens (tertiary/aromatic N) is 1. The third-order valence-electron chi connectivity index (χ3n) is 2.56. The lowest BCUT2D eigenvalue weighted by molar-refractivity contribution is -0.170. The maximum atomic E-state index is 11.7. The Bertz CT molecular complexity index is 522. The lowest BCUT2D eigenvalue weighted by Gasteiger charge is -2.14. The van der Waals surface area contributed by atoms with E-state index < -0.39 is 5.91 Å². The van der Waals surface area contributed by atoms with Crippen LogP contribution in [0.15, 0.2) is 41.8 Å². The molecule has 4 nitrogen and oxygen atoms in total. The molecule has 1 amide bonds. The first kappa shape index (κ1) is 13.6. The molecular weight excluding hydrogens is 262 g/mol. The van der Waals surface area contributed by atoms with Crippen LogP contribution < -0.4 is 4.74 Å². The summed E-state index contributed by atoms with van der Waals surface area (Å²) in [6.45, 7) is 1.99. The fraction of sp³-hybridized carbons (Fsp3) is 0.214. The van der Waals surface area contributed by atoms with Crippen molar-refractivity contribution in [3.05, 3.63) is 52.2 Å². The Balaban J connectivity index is 1.82. The van der Waals surface area contributed by atoms with Gasteiger partial charge < -0.3 is 4.74 Å². The highest BCUT2D eigenvalue weighted by atomic mass is 32.1. The molecule has 1 aromatic heterocycles. The minimum Gasteiger partial charge on any atom is -0.484 e. The van der Waals surface area contributed by atoms with Crippen LogP contribution in [-0.2, 0) is 11.3 Å². The van der Waals surface area contributed by atoms with Gasteiger partial charge in [-0.15, -0.1) is 11.3 Å². The van der Waals surface area contributed by atoms with E-state index in [0.717, 1.165) is 10.4 Å². The van der Waals surface area contributed by atoms with Gasteiger partial charge in [0.05, 0.1) is 6.54 Å². The summed E-state index contributed by atoms with van der Waals surface area (Å²) in [6.07, 6.45) is 0. The molecule has 0 spiro atoms. The summed E-state index contributed by atoms with van der Waals surface area (Å²) in [5, 5.41) is 12.2. The van der Waals surface area contributed by atoms with Crippen molar-refractivity contribution in [2.24, 2.45) is 0 Å². The number of hydrogen-bond donors (Lipinski definition) is 1. The molecule has 1 N–H and O–H groups in total. The molecule has 100 valence electrons. The Labute approximate surface area is 115 Å². The Morgan fingerprint density at radius 3 is 2.68 bits per heavy atom. The number of hydroxylamine groups is 2. The van der Waals surface area contributed by atoms with Gasteiger partial charge in [-0.2, -0.15) is 0 Å². The normalized spacial score (nSPS) is 10.2. The Morgan fingerprint density at radius 1 is 1.32 bits per heavy atom. The summed E-state index contributed by atoms with van der Waals surface area (Å²) in [6, 6.07) is 11.1. The van der Waals surface area contributed by atoms with Gasteiger partial charge in [-0.05, 0) is 30.5 Å². The molecule has 2 aromatic rings. The number of thiophene rings is 1. The maximum Gasteiger partial charge on any atom is 0.284 e. The summed E-state index contributed by atoms with van der Waals surface area (Å²) in [5.74, 6) is 0.150. The Kier molecular flexibility index (Phi) is 4.54. The number of benzene rings is 1. The van der Waals surface area contributed by atoms with Crippen molar-refractivity contribution < 1.29 is 14.7 Å². The van der Waals surface area contributed by atoms with Crippen molar-refractivity contribution in [2.45, 2.75) is 13.5 Å². The minimum atomic E-state index is -0.464. The molecule has 2 rings (SSSR count). The molecule has 0 radical (unpaired) electrons. The molecule has 1 aromatic carbocycles. The first-order valence-electron chi connectivity index (χ1n) is 5.86. The molecule has 0 unspecified atom stereocenters. The average molecular weight is 277 g/mol. The summed E-state index contributed by atoms with van der Waals surface area (Å²) in [7, 11) is 0. The molecule has 0 aliphatic rings. The molecule has 0 saturated heterocycles. The zero-order valence-corrected chi connectivity index (χ0v) is 11.4. The van der Waals surface area contributed by atoms with Crippen molar-refractivity contribution in [2.75, 3.05) is 6.61 Å². The Hall–Kier alpha value is -1.85. The van der Waals surface area contributed by atoms with E-state index in [1.807, 2.05) is 36.6 Å². The molecule has 0 bridgehead atoms. The molecule has 0 fully saturated rings. The van der Waals surface area contributed by atoms with E-state index >= 15 is 0 Å². The van der Waals surface area contributed by atoms with Crippen molar-refractivity contribution in [3.8, 4) is 5.75 Å². The molecule has 5 heteroatoms. The van der Waals surface area contributed by atoms with E-state index in [9.17, 15) is 10.0 Å². The predicted octanol–water partition coefficient (Wildman–Crippen LogP) is 2.85. The third kappa shape index (κ3) is 4.08. The number of hydrogen-bond acceptors (Lipinski definition) is 4. The SMILES string of the molecule is Cc1ccc(OCC(=O)N(O)Cc2cccs2)cc1. The average Bonchev–Trinajstić information content (AvgIpc) is 2.90. The van der Waals surface area contributed by atoms with E-state index in [4.69, 9.17) is 4.74 Å². The molecule has 0 saturated carbocycles. The smallest absolute Gasteiger partial charge is 0.284 e. The standard InChI is InChI=1S/C14H15NO3S/c1-11-4-6-12(7-5-11)18-10-14(16)15(17)9-13-3-2-8-19-13/h2-8,17H,9-10H2,1H3. The third-order valence-corrected chi connectivity index (χ3v) is 3.42. The van der Waals surface area contributed by atoms with Crippen LogP contribution in [0.4, 0.5) is 0 Å². The Morgan fingerprint density at radius 2 is 2.05 bits per heavy atom. The number of amides is 1. The number of ether oxygens (including phenoxy) is 1. The highest BCUT2D eigenvalue weighted by Crippen LogP contribution is 2.13. The van der Waals surface area contributed by atoms with Crippen LogP contribution in [0, 0.1) is 6.92 Å². The number of carbonyl (C=O) groups is 1. The van der Waals surface area contributed by atoms with Crippen LogP contribution in [0.2, 0.25) is 0 Å². The molecule has 0 aliphatic heterocycles. The van der Waals surface area contributed by atoms with Crippen molar-refractivity contribution in [1.29, 1.82) is 0 Å². The van der Waals surface area contributed by atoms with Gasteiger partial charge in [0.2, 0.25) is 0 Å². The second-order valence-electron chi connectivity index (χ2n) is 4.13. The van der Waals surface area contributed by atoms with E-state index in [2.05, 4.69) is 0 Å². The highest BCUT2D eigenvalue weighted by molar-refractivity contribution is 7.09. The van der Waals surface area contributed by atoms with Gasteiger partial charge in [0.1, 0.15) is 5.75 Å². The van der Waals surface area contributed by atoms with Crippen LogP contribution in [0.25, 0.3) is 0 Å². The molecule has 0 aliphatic carbocycles. The zero-order valence-electron chi connectivity index (χ0n) is 10.6. The lowest BCUT2D eigenvalue weighted by atomic mass is 10.2. The van der Waals surface area contributed by atoms with Gasteiger partial charge >= 0.3 is 0 Å². The fourth-order valence-corrected chi connectivity index (χ4v) is 2.18. The number of carbonyl (C=O) groups excluding carboxylic acids is 1. The quantitative estimate of drug-likeness (QED) is 0.675. The van der Waals surface area contributed by atoms with E-state index in [-0.39, 0.29) is 13.2 Å². The van der Waals surface area contributed by atoms with Crippen LogP contribution in [0.1, 0.15) is 10.4 Å². The summed E-state index contributed by atoms with van der Waals surface area (Å²) in [4.78, 5) is 12.6.